The number of nitrogens with zero attached hydrogens (tertiary/aromatic N) is 2. The van der Waals surface area contributed by atoms with Crippen molar-refractivity contribution in [1.29, 1.82) is 0 Å². The number of rotatable bonds is 6. The van der Waals surface area contributed by atoms with Crippen molar-refractivity contribution in [3.8, 4) is 22.3 Å². The molecule has 1 unspecified atom stereocenters. The van der Waals surface area contributed by atoms with Crippen molar-refractivity contribution in [3.63, 3.8) is 0 Å². The highest BCUT2D eigenvalue weighted by molar-refractivity contribution is 7.13. The lowest BCUT2D eigenvalue weighted by Gasteiger charge is -2.10. The minimum Gasteiger partial charge on any atom is -0.457 e. The fourth-order valence-corrected chi connectivity index (χ4v) is 3.12. The molecule has 146 valence electrons. The highest BCUT2D eigenvalue weighted by Crippen LogP contribution is 2.27. The van der Waals surface area contributed by atoms with Crippen LogP contribution >= 0.6 is 11.3 Å². The van der Waals surface area contributed by atoms with Gasteiger partial charge in [0.05, 0.1) is 10.4 Å². The molecule has 4 aromatic rings. The second-order valence-corrected chi connectivity index (χ2v) is 7.00. The van der Waals surface area contributed by atoms with Crippen molar-refractivity contribution in [1.82, 2.24) is 10.2 Å². The van der Waals surface area contributed by atoms with Gasteiger partial charge in [0.1, 0.15) is 17.3 Å². The molecule has 0 aliphatic heterocycles. The van der Waals surface area contributed by atoms with Crippen LogP contribution in [0.15, 0.2) is 70.5 Å². The standard InChI is InChI=1S/C21H15FN2O4S/c1-13(19-23-24-20(28-19)18-3-2-12-29-18)26-21(25)14-4-8-16(9-5-14)27-17-10-6-15(22)7-11-17/h2-13H,1H3. The molecule has 8 heteroatoms. The van der Waals surface area contributed by atoms with E-state index in [9.17, 15) is 9.18 Å². The van der Waals surface area contributed by atoms with E-state index in [1.807, 2.05) is 17.5 Å². The SMILES string of the molecule is CC(OC(=O)c1ccc(Oc2ccc(F)cc2)cc1)c1nnc(-c2cccs2)o1. The third-order valence-corrected chi connectivity index (χ3v) is 4.80. The Morgan fingerprint density at radius 1 is 1.03 bits per heavy atom. The number of carbonyl (C=O) groups excluding carboxylic acids is 1. The second-order valence-electron chi connectivity index (χ2n) is 6.05. The number of thiophene rings is 1. The molecule has 4 rings (SSSR count). The fraction of sp³-hybridized carbons (Fsp3) is 0.0952. The average Bonchev–Trinajstić information content (AvgIpc) is 3.42. The van der Waals surface area contributed by atoms with Gasteiger partial charge in [0.25, 0.3) is 11.8 Å². The van der Waals surface area contributed by atoms with Crippen LogP contribution in [0.25, 0.3) is 10.8 Å². The molecule has 6 nitrogen and oxygen atoms in total. The second kappa shape index (κ2) is 8.24. The Morgan fingerprint density at radius 2 is 1.72 bits per heavy atom. The zero-order valence-corrected chi connectivity index (χ0v) is 16.1. The first-order valence-corrected chi connectivity index (χ1v) is 9.58. The number of halogens is 1. The summed E-state index contributed by atoms with van der Waals surface area (Å²) in [5, 5.41) is 9.84. The molecule has 0 amide bonds. The molecule has 29 heavy (non-hydrogen) atoms. The third kappa shape index (κ3) is 4.49. The summed E-state index contributed by atoms with van der Waals surface area (Å²) >= 11 is 1.48. The molecule has 2 aromatic carbocycles. The number of ether oxygens (including phenoxy) is 2. The van der Waals surface area contributed by atoms with E-state index in [0.29, 0.717) is 23.0 Å². The van der Waals surface area contributed by atoms with Gasteiger partial charge in [-0.2, -0.15) is 0 Å². The molecule has 1 atom stereocenters. The minimum atomic E-state index is -0.696. The van der Waals surface area contributed by atoms with Crippen LogP contribution < -0.4 is 4.74 Å². The van der Waals surface area contributed by atoms with Crippen molar-refractivity contribution in [3.05, 3.63) is 83.3 Å². The molecule has 2 aromatic heterocycles. The molecular formula is C21H15FN2O4S. The Bertz CT molecular complexity index is 1090. The Kier molecular flexibility index (Phi) is 5.35. The molecule has 0 radical (unpaired) electrons. The van der Waals surface area contributed by atoms with Crippen molar-refractivity contribution >= 4 is 17.3 Å². The largest absolute Gasteiger partial charge is 0.457 e. The molecular weight excluding hydrogens is 395 g/mol. The quantitative estimate of drug-likeness (QED) is 0.383. The lowest BCUT2D eigenvalue weighted by molar-refractivity contribution is 0.0280. The first-order valence-electron chi connectivity index (χ1n) is 8.70. The molecule has 0 N–H and O–H groups in total. The van der Waals surface area contributed by atoms with Gasteiger partial charge in [-0.3, -0.25) is 0 Å². The lowest BCUT2D eigenvalue weighted by atomic mass is 10.2. The van der Waals surface area contributed by atoms with Gasteiger partial charge in [0.15, 0.2) is 6.10 Å². The number of benzene rings is 2. The highest BCUT2D eigenvalue weighted by atomic mass is 32.1. The van der Waals surface area contributed by atoms with E-state index in [-0.39, 0.29) is 11.7 Å². The van der Waals surface area contributed by atoms with Gasteiger partial charge < -0.3 is 13.9 Å². The molecule has 2 heterocycles. The van der Waals surface area contributed by atoms with Gasteiger partial charge >= 0.3 is 5.97 Å². The van der Waals surface area contributed by atoms with Gasteiger partial charge in [0, 0.05) is 0 Å². The zero-order valence-electron chi connectivity index (χ0n) is 15.2. The summed E-state index contributed by atoms with van der Waals surface area (Å²) in [7, 11) is 0. The van der Waals surface area contributed by atoms with E-state index < -0.39 is 12.1 Å². The van der Waals surface area contributed by atoms with Crippen molar-refractivity contribution in [2.75, 3.05) is 0 Å². The monoisotopic (exact) mass is 410 g/mol. The molecule has 0 saturated carbocycles. The Morgan fingerprint density at radius 3 is 2.38 bits per heavy atom. The van der Waals surface area contributed by atoms with E-state index in [2.05, 4.69) is 10.2 Å². The van der Waals surface area contributed by atoms with E-state index in [0.717, 1.165) is 4.88 Å². The third-order valence-electron chi connectivity index (χ3n) is 3.94. The first kappa shape index (κ1) is 18.8. The zero-order chi connectivity index (χ0) is 20.2. The lowest BCUT2D eigenvalue weighted by Crippen LogP contribution is -2.09. The van der Waals surface area contributed by atoms with Gasteiger partial charge in [-0.05, 0) is 66.9 Å². The molecule has 0 aliphatic rings. The summed E-state index contributed by atoms with van der Waals surface area (Å²) in [6.45, 7) is 1.66. The van der Waals surface area contributed by atoms with Crippen LogP contribution in [0.1, 0.15) is 29.3 Å². The first-order chi connectivity index (χ1) is 14.1. The molecule has 0 bridgehead atoms. The van der Waals surface area contributed by atoms with Crippen molar-refractivity contribution < 1.29 is 23.1 Å². The molecule has 0 fully saturated rings. The van der Waals surface area contributed by atoms with Crippen molar-refractivity contribution in [2.45, 2.75) is 13.0 Å². The van der Waals surface area contributed by atoms with Crippen LogP contribution in [0.4, 0.5) is 4.39 Å². The van der Waals surface area contributed by atoms with Gasteiger partial charge in [0.2, 0.25) is 0 Å². The molecule has 0 saturated heterocycles. The summed E-state index contributed by atoms with van der Waals surface area (Å²) in [5.41, 5.74) is 0.348. The summed E-state index contributed by atoms with van der Waals surface area (Å²) in [6, 6.07) is 15.8. The van der Waals surface area contributed by atoms with Gasteiger partial charge in [-0.15, -0.1) is 21.5 Å². The van der Waals surface area contributed by atoms with Crippen LogP contribution in [0, 0.1) is 5.82 Å². The smallest absolute Gasteiger partial charge is 0.338 e. The van der Waals surface area contributed by atoms with E-state index in [1.54, 1.807) is 31.2 Å². The Balaban J connectivity index is 1.38. The molecule has 0 spiro atoms. The van der Waals surface area contributed by atoms with E-state index in [4.69, 9.17) is 13.9 Å². The average molecular weight is 410 g/mol. The maximum absolute atomic E-state index is 12.9. The van der Waals surface area contributed by atoms with Crippen LogP contribution in [0.5, 0.6) is 11.5 Å². The summed E-state index contributed by atoms with van der Waals surface area (Å²) in [6.07, 6.45) is -0.696. The van der Waals surface area contributed by atoms with Crippen molar-refractivity contribution in [2.24, 2.45) is 0 Å². The van der Waals surface area contributed by atoms with Gasteiger partial charge in [-0.1, -0.05) is 6.07 Å². The summed E-state index contributed by atoms with van der Waals surface area (Å²) in [5.74, 6) is 0.750. The number of carbonyl (C=O) groups is 1. The van der Waals surface area contributed by atoms with Gasteiger partial charge in [-0.25, -0.2) is 9.18 Å². The predicted octanol–water partition coefficient (Wildman–Crippen LogP) is 5.65. The number of hydrogen-bond acceptors (Lipinski definition) is 7. The highest BCUT2D eigenvalue weighted by Gasteiger charge is 2.20. The molecule has 0 aliphatic carbocycles. The minimum absolute atomic E-state index is 0.220. The normalized spacial score (nSPS) is 11.8. The van der Waals surface area contributed by atoms with E-state index in [1.165, 1.54) is 35.6 Å². The topological polar surface area (TPSA) is 74.5 Å². The van der Waals surface area contributed by atoms with Crippen LogP contribution in [0.2, 0.25) is 0 Å². The summed E-state index contributed by atoms with van der Waals surface area (Å²) < 4.78 is 29.5. The Hall–Kier alpha value is -3.52. The number of hydrogen-bond donors (Lipinski definition) is 0. The summed E-state index contributed by atoms with van der Waals surface area (Å²) in [4.78, 5) is 13.2. The van der Waals surface area contributed by atoms with Crippen LogP contribution in [-0.4, -0.2) is 16.2 Å². The van der Waals surface area contributed by atoms with Crippen LogP contribution in [-0.2, 0) is 4.74 Å². The van der Waals surface area contributed by atoms with E-state index >= 15 is 0 Å². The Labute approximate surface area is 169 Å². The fourth-order valence-electron chi connectivity index (χ4n) is 2.48. The number of esters is 1. The predicted molar refractivity (Wildman–Crippen MR) is 104 cm³/mol. The number of aromatic nitrogens is 2. The van der Waals surface area contributed by atoms with Crippen LogP contribution in [0.3, 0.4) is 0 Å². The maximum Gasteiger partial charge on any atom is 0.338 e. The maximum atomic E-state index is 12.9.